The molecule has 1 aliphatic rings. The smallest absolute Gasteiger partial charge is 0.257 e. The summed E-state index contributed by atoms with van der Waals surface area (Å²) in [6.45, 7) is 0. The fourth-order valence-electron chi connectivity index (χ4n) is 2.66. The summed E-state index contributed by atoms with van der Waals surface area (Å²) < 4.78 is 5.54. The highest BCUT2D eigenvalue weighted by molar-refractivity contribution is 7.13. The predicted molar refractivity (Wildman–Crippen MR) is 80.9 cm³/mol. The van der Waals surface area contributed by atoms with Crippen LogP contribution in [0.3, 0.4) is 0 Å². The van der Waals surface area contributed by atoms with Gasteiger partial charge in [0.25, 0.3) is 5.89 Å². The van der Waals surface area contributed by atoms with Gasteiger partial charge in [-0.2, -0.15) is 0 Å². The number of carbonyl (C=O) groups excluding carboxylic acids is 1. The van der Waals surface area contributed by atoms with E-state index < -0.39 is 0 Å². The van der Waals surface area contributed by atoms with Crippen molar-refractivity contribution in [2.24, 2.45) is 0 Å². The van der Waals surface area contributed by atoms with Gasteiger partial charge in [0.2, 0.25) is 11.8 Å². The van der Waals surface area contributed by atoms with Crippen molar-refractivity contribution in [1.29, 1.82) is 0 Å². The first kappa shape index (κ1) is 14.3. The van der Waals surface area contributed by atoms with Gasteiger partial charge < -0.3 is 9.73 Å². The van der Waals surface area contributed by atoms with Crippen LogP contribution in [0, 0.1) is 0 Å². The van der Waals surface area contributed by atoms with Gasteiger partial charge in [-0.25, -0.2) is 0 Å². The van der Waals surface area contributed by atoms with E-state index in [1.165, 1.54) is 25.7 Å². The van der Waals surface area contributed by atoms with Crippen LogP contribution in [-0.4, -0.2) is 22.1 Å². The number of nitrogens with one attached hydrogen (secondary N) is 1. The van der Waals surface area contributed by atoms with Crippen LogP contribution in [-0.2, 0) is 11.2 Å². The third-order valence-corrected chi connectivity index (χ3v) is 4.59. The van der Waals surface area contributed by atoms with Crippen molar-refractivity contribution in [3.05, 3.63) is 23.4 Å². The van der Waals surface area contributed by atoms with Gasteiger partial charge in [-0.1, -0.05) is 31.7 Å². The normalized spacial score (nSPS) is 16.6. The maximum Gasteiger partial charge on any atom is 0.257 e. The van der Waals surface area contributed by atoms with Crippen LogP contribution >= 0.6 is 11.3 Å². The van der Waals surface area contributed by atoms with Crippen molar-refractivity contribution in [2.45, 2.75) is 51.0 Å². The van der Waals surface area contributed by atoms with Gasteiger partial charge in [-0.15, -0.1) is 21.5 Å². The summed E-state index contributed by atoms with van der Waals surface area (Å²) in [5.41, 5.74) is 0. The summed E-state index contributed by atoms with van der Waals surface area (Å²) in [5.74, 6) is 0.843. The standard InChI is InChI=1S/C15H19N3O2S/c19-13(16-11-6-3-1-2-4-7-11)10-14-17-18-15(20-14)12-8-5-9-21-12/h5,8-9,11H,1-4,6-7,10H2,(H,16,19). The van der Waals surface area contributed by atoms with E-state index in [1.807, 2.05) is 17.5 Å². The Morgan fingerprint density at radius 3 is 2.81 bits per heavy atom. The van der Waals surface area contributed by atoms with Crippen LogP contribution in [0.1, 0.15) is 44.4 Å². The number of hydrogen-bond donors (Lipinski definition) is 1. The molecule has 1 amide bonds. The second-order valence-electron chi connectivity index (χ2n) is 5.41. The number of aromatic nitrogens is 2. The molecule has 1 fully saturated rings. The average molecular weight is 305 g/mol. The molecule has 3 rings (SSSR count). The molecule has 6 heteroatoms. The number of amides is 1. The number of thiophene rings is 1. The van der Waals surface area contributed by atoms with Crippen molar-refractivity contribution in [3.8, 4) is 10.8 Å². The van der Waals surface area contributed by atoms with Gasteiger partial charge in [-0.05, 0) is 24.3 Å². The van der Waals surface area contributed by atoms with Crippen molar-refractivity contribution < 1.29 is 9.21 Å². The van der Waals surface area contributed by atoms with Crippen LogP contribution < -0.4 is 5.32 Å². The Balaban J connectivity index is 1.55. The van der Waals surface area contributed by atoms with Crippen molar-refractivity contribution >= 4 is 17.2 Å². The molecule has 2 aromatic rings. The highest BCUT2D eigenvalue weighted by Gasteiger charge is 2.17. The molecule has 2 heterocycles. The second-order valence-corrected chi connectivity index (χ2v) is 6.36. The first-order valence-corrected chi connectivity index (χ1v) is 8.35. The maximum atomic E-state index is 12.1. The zero-order valence-corrected chi connectivity index (χ0v) is 12.7. The fourth-order valence-corrected chi connectivity index (χ4v) is 3.31. The van der Waals surface area contributed by atoms with Gasteiger partial charge in [-0.3, -0.25) is 4.79 Å². The molecule has 0 radical (unpaired) electrons. The minimum absolute atomic E-state index is 0.0247. The monoisotopic (exact) mass is 305 g/mol. The molecule has 1 N–H and O–H groups in total. The molecule has 0 bridgehead atoms. The molecule has 1 saturated carbocycles. The highest BCUT2D eigenvalue weighted by atomic mass is 32.1. The number of nitrogens with zero attached hydrogens (tertiary/aromatic N) is 2. The number of carbonyl (C=O) groups is 1. The molecule has 2 aromatic heterocycles. The molecule has 112 valence electrons. The molecule has 0 atom stereocenters. The Bertz CT molecular complexity index is 572. The third-order valence-electron chi connectivity index (χ3n) is 3.73. The third kappa shape index (κ3) is 3.91. The van der Waals surface area contributed by atoms with Crippen LogP contribution in [0.4, 0.5) is 0 Å². The van der Waals surface area contributed by atoms with Crippen molar-refractivity contribution in [1.82, 2.24) is 15.5 Å². The SMILES string of the molecule is O=C(Cc1nnc(-c2cccs2)o1)NC1CCCCCC1. The molecule has 21 heavy (non-hydrogen) atoms. The summed E-state index contributed by atoms with van der Waals surface area (Å²) in [4.78, 5) is 13.0. The Morgan fingerprint density at radius 1 is 1.29 bits per heavy atom. The van der Waals surface area contributed by atoms with Crippen LogP contribution in [0.2, 0.25) is 0 Å². The van der Waals surface area contributed by atoms with Gasteiger partial charge in [0.1, 0.15) is 6.42 Å². The molecule has 0 aromatic carbocycles. The number of rotatable bonds is 4. The maximum absolute atomic E-state index is 12.1. The van der Waals surface area contributed by atoms with E-state index in [0.717, 1.165) is 17.7 Å². The summed E-state index contributed by atoms with van der Waals surface area (Å²) in [7, 11) is 0. The van der Waals surface area contributed by atoms with E-state index in [1.54, 1.807) is 11.3 Å². The minimum Gasteiger partial charge on any atom is -0.419 e. The van der Waals surface area contributed by atoms with Gasteiger partial charge >= 0.3 is 0 Å². The molecule has 0 aliphatic heterocycles. The van der Waals surface area contributed by atoms with Crippen LogP contribution in [0.25, 0.3) is 10.8 Å². The first-order valence-electron chi connectivity index (χ1n) is 7.47. The average Bonchev–Trinajstić information content (AvgIpc) is 3.07. The van der Waals surface area contributed by atoms with Gasteiger partial charge in [0.15, 0.2) is 0 Å². The zero-order chi connectivity index (χ0) is 14.5. The van der Waals surface area contributed by atoms with E-state index in [0.29, 0.717) is 17.8 Å². The highest BCUT2D eigenvalue weighted by Crippen LogP contribution is 2.23. The Hall–Kier alpha value is -1.69. The zero-order valence-electron chi connectivity index (χ0n) is 11.9. The van der Waals surface area contributed by atoms with E-state index in [9.17, 15) is 4.79 Å². The fraction of sp³-hybridized carbons (Fsp3) is 0.533. The molecular weight excluding hydrogens is 286 g/mol. The largest absolute Gasteiger partial charge is 0.419 e. The number of hydrogen-bond acceptors (Lipinski definition) is 5. The van der Waals surface area contributed by atoms with Gasteiger partial charge in [0.05, 0.1) is 4.88 Å². The lowest BCUT2D eigenvalue weighted by Gasteiger charge is -2.15. The van der Waals surface area contributed by atoms with E-state index >= 15 is 0 Å². The lowest BCUT2D eigenvalue weighted by atomic mass is 10.1. The molecule has 0 saturated heterocycles. The molecular formula is C15H19N3O2S. The molecule has 0 unspecified atom stereocenters. The Kier molecular flexibility index (Phi) is 4.65. The van der Waals surface area contributed by atoms with Gasteiger partial charge in [0, 0.05) is 6.04 Å². The summed E-state index contributed by atoms with van der Waals surface area (Å²) >= 11 is 1.54. The summed E-state index contributed by atoms with van der Waals surface area (Å²) in [6, 6.07) is 4.16. The van der Waals surface area contributed by atoms with Crippen molar-refractivity contribution in [2.75, 3.05) is 0 Å². The summed E-state index contributed by atoms with van der Waals surface area (Å²) in [5, 5.41) is 13.0. The topological polar surface area (TPSA) is 68.0 Å². The second kappa shape index (κ2) is 6.85. The van der Waals surface area contributed by atoms with Crippen molar-refractivity contribution in [3.63, 3.8) is 0 Å². The van der Waals surface area contributed by atoms with E-state index in [-0.39, 0.29) is 12.3 Å². The molecule has 1 aliphatic carbocycles. The summed E-state index contributed by atoms with van der Waals surface area (Å²) in [6.07, 6.45) is 7.28. The molecule has 5 nitrogen and oxygen atoms in total. The lowest BCUT2D eigenvalue weighted by Crippen LogP contribution is -2.35. The van der Waals surface area contributed by atoms with Crippen LogP contribution in [0.5, 0.6) is 0 Å². The Labute approximate surface area is 127 Å². The predicted octanol–water partition coefficient (Wildman–Crippen LogP) is 3.18. The Morgan fingerprint density at radius 2 is 2.10 bits per heavy atom. The first-order chi connectivity index (χ1) is 10.3. The lowest BCUT2D eigenvalue weighted by molar-refractivity contribution is -0.121. The minimum atomic E-state index is -0.0247. The quantitative estimate of drug-likeness (QED) is 0.881. The van der Waals surface area contributed by atoms with Crippen LogP contribution in [0.15, 0.2) is 21.9 Å². The van der Waals surface area contributed by atoms with E-state index in [4.69, 9.17) is 4.42 Å². The van der Waals surface area contributed by atoms with E-state index in [2.05, 4.69) is 15.5 Å². The molecule has 0 spiro atoms.